The van der Waals surface area contributed by atoms with E-state index in [1.165, 1.54) is 0 Å². The number of likely N-dealkylation sites (N-methyl/N-ethyl adjacent to an activating group) is 4. The maximum absolute atomic E-state index is 10.6. The van der Waals surface area contributed by atoms with E-state index in [-0.39, 0.29) is 30.5 Å². The summed E-state index contributed by atoms with van der Waals surface area (Å²) >= 11 is 0. The van der Waals surface area contributed by atoms with Crippen molar-refractivity contribution >= 4 is 23.9 Å². The Morgan fingerprint density at radius 2 is 1.53 bits per heavy atom. The van der Waals surface area contributed by atoms with Gasteiger partial charge in [-0.25, -0.2) is 4.79 Å². The number of nitrogens with zero attached hydrogens (tertiary/aromatic N) is 11. The Morgan fingerprint density at radius 1 is 0.807 bits per heavy atom. The summed E-state index contributed by atoms with van der Waals surface area (Å²) in [4.78, 5) is 42.6. The summed E-state index contributed by atoms with van der Waals surface area (Å²) in [5.74, 6) is 3.47. The van der Waals surface area contributed by atoms with Crippen molar-refractivity contribution in [2.24, 2.45) is 7.05 Å². The molecule has 320 valence electrons. The highest BCUT2D eigenvalue weighted by molar-refractivity contribution is 5.79. The number of aromatic nitrogens is 5. The van der Waals surface area contributed by atoms with Gasteiger partial charge in [0.2, 0.25) is 17.7 Å². The smallest absolute Gasteiger partial charge is 0.409 e. The van der Waals surface area contributed by atoms with Crippen LogP contribution in [0.2, 0.25) is 0 Å². The van der Waals surface area contributed by atoms with Gasteiger partial charge in [0, 0.05) is 94.0 Å². The first-order chi connectivity index (χ1) is 27.0. The maximum atomic E-state index is 10.6. The average Bonchev–Trinajstić information content (AvgIpc) is 4.06. The second kappa shape index (κ2) is 27.5. The molecule has 0 atom stereocenters. The molecule has 0 aromatic carbocycles. The SMILES string of the molecule is C=C1NC=CN1C.C=C1NCCN1C.C=C1OCCN1C.CN1CCCOC1=O.CN1CCOCC1=O.CN1CNC(=O)C1.Cc1nnc(N)o1.Cn1ccnn1. The van der Waals surface area contributed by atoms with Crippen LogP contribution in [0.3, 0.4) is 0 Å². The Hall–Kier alpha value is -6.03. The summed E-state index contributed by atoms with van der Waals surface area (Å²) in [7, 11) is 13.2. The molecule has 6 aliphatic rings. The van der Waals surface area contributed by atoms with Gasteiger partial charge in [0.1, 0.15) is 19.0 Å². The molecule has 8 heterocycles. The predicted molar refractivity (Wildman–Crippen MR) is 214 cm³/mol. The van der Waals surface area contributed by atoms with Crippen LogP contribution in [0.5, 0.6) is 0 Å². The maximum Gasteiger partial charge on any atom is 0.409 e. The lowest BCUT2D eigenvalue weighted by Gasteiger charge is -2.21. The van der Waals surface area contributed by atoms with Crippen molar-refractivity contribution in [3.63, 3.8) is 0 Å². The first-order valence-corrected chi connectivity index (χ1v) is 18.0. The largest absolute Gasteiger partial charge is 0.478 e. The molecule has 0 unspecified atom stereocenters. The van der Waals surface area contributed by atoms with Gasteiger partial charge in [0.25, 0.3) is 0 Å². The van der Waals surface area contributed by atoms with E-state index < -0.39 is 0 Å². The van der Waals surface area contributed by atoms with Gasteiger partial charge in [-0.1, -0.05) is 23.5 Å². The third-order valence-electron chi connectivity index (χ3n) is 7.77. The number of morpholine rings is 1. The van der Waals surface area contributed by atoms with Gasteiger partial charge in [0.05, 0.1) is 45.0 Å². The van der Waals surface area contributed by atoms with E-state index in [0.717, 1.165) is 63.3 Å². The monoisotopic (exact) mass is 806 g/mol. The fraction of sp³-hybridized carbons (Fsp3) is 0.571. The molecule has 6 aliphatic heterocycles. The van der Waals surface area contributed by atoms with Crippen molar-refractivity contribution in [2.45, 2.75) is 13.3 Å². The highest BCUT2D eigenvalue weighted by Gasteiger charge is 2.14. The van der Waals surface area contributed by atoms with Crippen molar-refractivity contribution in [3.8, 4) is 0 Å². The number of hydrogen-bond donors (Lipinski definition) is 4. The highest BCUT2D eigenvalue weighted by Crippen LogP contribution is 2.06. The van der Waals surface area contributed by atoms with Gasteiger partial charge >= 0.3 is 12.1 Å². The fourth-order valence-electron chi connectivity index (χ4n) is 4.03. The minimum Gasteiger partial charge on any atom is -0.478 e. The minimum absolute atomic E-state index is 0.0799. The molecule has 0 saturated carbocycles. The van der Waals surface area contributed by atoms with Gasteiger partial charge in [-0.2, -0.15) is 0 Å². The van der Waals surface area contributed by atoms with E-state index in [0.29, 0.717) is 32.3 Å². The number of cyclic esters (lactones) is 1. The Bertz CT molecular complexity index is 1470. The zero-order valence-corrected chi connectivity index (χ0v) is 34.8. The van der Waals surface area contributed by atoms with Crippen molar-refractivity contribution in [2.75, 3.05) is 120 Å². The number of anilines is 1. The van der Waals surface area contributed by atoms with Crippen LogP contribution in [0.4, 0.5) is 10.8 Å². The van der Waals surface area contributed by atoms with Gasteiger partial charge < -0.3 is 64.8 Å². The van der Waals surface area contributed by atoms with E-state index in [9.17, 15) is 14.4 Å². The Balaban J connectivity index is 0.000000326. The summed E-state index contributed by atoms with van der Waals surface area (Å²) in [6, 6.07) is 0.123. The third kappa shape index (κ3) is 22.8. The number of amides is 3. The predicted octanol–water partition coefficient (Wildman–Crippen LogP) is -0.410. The lowest BCUT2D eigenvalue weighted by atomic mass is 10.4. The summed E-state index contributed by atoms with van der Waals surface area (Å²) in [5, 5.41) is 22.6. The van der Waals surface area contributed by atoms with E-state index in [2.05, 4.69) is 70.3 Å². The van der Waals surface area contributed by atoms with Crippen LogP contribution in [0.1, 0.15) is 12.3 Å². The second-order valence-corrected chi connectivity index (χ2v) is 12.7. The fourth-order valence-corrected chi connectivity index (χ4v) is 4.03. The number of nitrogens with one attached hydrogen (secondary N) is 3. The molecule has 8 rings (SSSR count). The van der Waals surface area contributed by atoms with E-state index in [4.69, 9.17) is 15.2 Å². The molecule has 5 fully saturated rings. The molecule has 0 spiro atoms. The number of rotatable bonds is 0. The number of nitrogen functional groups attached to an aromatic ring is 1. The Morgan fingerprint density at radius 3 is 1.74 bits per heavy atom. The molecule has 22 nitrogen and oxygen atoms in total. The summed E-state index contributed by atoms with van der Waals surface area (Å²) in [5.41, 5.74) is 5.04. The van der Waals surface area contributed by atoms with Gasteiger partial charge in [-0.15, -0.1) is 10.2 Å². The lowest BCUT2D eigenvalue weighted by Crippen LogP contribution is -2.38. The first-order valence-electron chi connectivity index (χ1n) is 18.0. The average molecular weight is 806 g/mol. The standard InChI is InChI=1S/C5H10N2.C5H8N2.2C5H9NO2.C5H9NO.C4H8N2O.C3H5N3O.C3H5N3/c2*1-5-6-3-4-7(5)2;1-6-2-3-8-4-5(6)7;1-6-3-2-4-8-5(6)7;1-5-6(2)3-4-7-5;1-6-2-4(7)5-3-6;1-2-5-6-3(4)7-2;1-6-3-2-4-5-6/h6H,1,3-4H2,2H3;3-4,6H,1H2,2H3;2*2-4H2,1H3;1,3-4H2,2H3;2-3H2,1H3,(H,5,7);1H3,(H2,4,6);2-3H,1H3. The van der Waals surface area contributed by atoms with Crippen LogP contribution >= 0.6 is 0 Å². The zero-order valence-electron chi connectivity index (χ0n) is 34.8. The quantitative estimate of drug-likeness (QED) is 0.265. The molecular weight excluding hydrogens is 742 g/mol. The van der Waals surface area contributed by atoms with Crippen LogP contribution in [0.25, 0.3) is 0 Å². The van der Waals surface area contributed by atoms with Crippen LogP contribution in [0, 0.1) is 6.92 Å². The van der Waals surface area contributed by atoms with Gasteiger partial charge in [0.15, 0.2) is 5.88 Å². The lowest BCUT2D eigenvalue weighted by molar-refractivity contribution is -0.140. The van der Waals surface area contributed by atoms with Crippen molar-refractivity contribution in [1.82, 2.24) is 70.5 Å². The molecule has 57 heavy (non-hydrogen) atoms. The molecule has 5 N–H and O–H groups in total. The molecular formula is C35H63N15O7. The van der Waals surface area contributed by atoms with Crippen LogP contribution in [-0.2, 0) is 30.8 Å². The van der Waals surface area contributed by atoms with Crippen LogP contribution in [0.15, 0.2) is 66.5 Å². The Kier molecular flexibility index (Phi) is 23.7. The normalized spacial score (nSPS) is 17.9. The van der Waals surface area contributed by atoms with Crippen LogP contribution in [-0.4, -0.2) is 187 Å². The third-order valence-corrected chi connectivity index (χ3v) is 7.77. The van der Waals surface area contributed by atoms with Crippen molar-refractivity contribution in [3.05, 3.63) is 67.9 Å². The second-order valence-electron chi connectivity index (χ2n) is 12.7. The topological polar surface area (TPSA) is 230 Å². The molecule has 0 bridgehead atoms. The zero-order chi connectivity index (χ0) is 42.8. The van der Waals surface area contributed by atoms with E-state index in [1.807, 2.05) is 62.3 Å². The van der Waals surface area contributed by atoms with Crippen molar-refractivity contribution < 1.29 is 33.0 Å². The molecule has 22 heteroatoms. The molecule has 0 aliphatic carbocycles. The van der Waals surface area contributed by atoms with Crippen molar-refractivity contribution in [1.29, 1.82) is 0 Å². The number of nitrogens with two attached hydrogens (primary N) is 1. The molecule has 5 saturated heterocycles. The molecule has 0 radical (unpaired) electrons. The first kappa shape index (κ1) is 49.0. The summed E-state index contributed by atoms with van der Waals surface area (Å²) in [6.45, 7) is 21.1. The number of carbonyl (C=O) groups is 3. The number of aryl methyl sites for hydroxylation is 2. The van der Waals surface area contributed by atoms with Crippen LogP contribution < -0.4 is 21.7 Å². The number of carbonyl (C=O) groups excluding carboxylic acids is 3. The summed E-state index contributed by atoms with van der Waals surface area (Å²) < 4.78 is 20.8. The highest BCUT2D eigenvalue weighted by atomic mass is 16.6. The number of ether oxygens (including phenoxy) is 3. The molecule has 2 aromatic rings. The minimum atomic E-state index is -0.198. The van der Waals surface area contributed by atoms with E-state index >= 15 is 0 Å². The van der Waals surface area contributed by atoms with Gasteiger partial charge in [-0.3, -0.25) is 19.2 Å². The van der Waals surface area contributed by atoms with Gasteiger partial charge in [-0.05, 0) is 20.0 Å². The summed E-state index contributed by atoms with van der Waals surface area (Å²) in [6.07, 6.45) is 7.95. The molecule has 2 aromatic heterocycles. The Labute approximate surface area is 335 Å². The van der Waals surface area contributed by atoms with E-state index in [1.54, 1.807) is 47.9 Å². The number of hydrogen-bond acceptors (Lipinski definition) is 18. The molecule has 3 amide bonds.